The molecule has 4 heterocycles. The van der Waals surface area contributed by atoms with E-state index in [1.165, 1.54) is 9.71 Å². The van der Waals surface area contributed by atoms with Crippen LogP contribution in [0.2, 0.25) is 0 Å². The molecule has 1 amide bonds. The van der Waals surface area contributed by atoms with E-state index in [-0.39, 0.29) is 6.09 Å². The lowest BCUT2D eigenvalue weighted by molar-refractivity contribution is 0.0204. The number of carbonyl (C=O) groups excluding carboxylic acids is 1. The Morgan fingerprint density at radius 1 is 1.12 bits per heavy atom. The smallest absolute Gasteiger partial charge is 0.410 e. The van der Waals surface area contributed by atoms with Gasteiger partial charge in [0.25, 0.3) is 0 Å². The average Bonchev–Trinajstić information content (AvgIpc) is 3.45. The van der Waals surface area contributed by atoms with Gasteiger partial charge in [0.2, 0.25) is 0 Å². The summed E-state index contributed by atoms with van der Waals surface area (Å²) in [5.41, 5.74) is 2.80. The second kappa shape index (κ2) is 8.27. The molecule has 34 heavy (non-hydrogen) atoms. The Hall–Kier alpha value is -2.58. The normalized spacial score (nSPS) is 27.1. The summed E-state index contributed by atoms with van der Waals surface area (Å²) >= 11 is 1.82. The number of carbonyl (C=O) groups is 1. The van der Waals surface area contributed by atoms with E-state index in [1.807, 2.05) is 49.4 Å². The van der Waals surface area contributed by atoms with Crippen LogP contribution >= 0.6 is 11.3 Å². The van der Waals surface area contributed by atoms with Crippen LogP contribution in [0.5, 0.6) is 0 Å². The van der Waals surface area contributed by atoms with Crippen LogP contribution in [0, 0.1) is 5.92 Å². The molecule has 0 spiro atoms. The first-order chi connectivity index (χ1) is 16.3. The maximum Gasteiger partial charge on any atom is 0.410 e. The van der Waals surface area contributed by atoms with E-state index >= 15 is 0 Å². The monoisotopic (exact) mass is 477 g/mol. The van der Waals surface area contributed by atoms with Crippen LogP contribution in [0.1, 0.15) is 51.0 Å². The molecule has 0 radical (unpaired) electrons. The van der Waals surface area contributed by atoms with Crippen LogP contribution in [0.3, 0.4) is 0 Å². The lowest BCUT2D eigenvalue weighted by Gasteiger charge is -2.41. The van der Waals surface area contributed by atoms with Gasteiger partial charge in [-0.05, 0) is 63.6 Å². The van der Waals surface area contributed by atoms with E-state index < -0.39 is 5.60 Å². The molecule has 3 fully saturated rings. The first kappa shape index (κ1) is 21.9. The molecule has 1 saturated carbocycles. The number of likely N-dealkylation sites (tertiary alicyclic amines) is 2. The van der Waals surface area contributed by atoms with Gasteiger partial charge in [-0.3, -0.25) is 4.90 Å². The number of hydrogen-bond donors (Lipinski definition) is 0. The summed E-state index contributed by atoms with van der Waals surface area (Å²) in [4.78, 5) is 30.5. The third-order valence-electron chi connectivity index (χ3n) is 7.48. The highest BCUT2D eigenvalue weighted by Gasteiger charge is 2.48. The van der Waals surface area contributed by atoms with Crippen molar-refractivity contribution in [1.29, 1.82) is 0 Å². The van der Waals surface area contributed by atoms with E-state index in [9.17, 15) is 4.79 Å². The molecule has 2 aromatic heterocycles. The first-order valence-electron chi connectivity index (χ1n) is 12.2. The van der Waals surface area contributed by atoms with Gasteiger partial charge in [0.15, 0.2) is 0 Å². The Morgan fingerprint density at radius 3 is 2.68 bits per heavy atom. The van der Waals surface area contributed by atoms with Crippen molar-refractivity contribution in [2.45, 2.75) is 63.6 Å². The maximum absolute atomic E-state index is 12.7. The fourth-order valence-electron chi connectivity index (χ4n) is 5.67. The highest BCUT2D eigenvalue weighted by atomic mass is 32.1. The molecule has 0 bridgehead atoms. The topological polar surface area (TPSA) is 71.5 Å². The standard InChI is InChI=1S/C26H31N5O2S/c1-26(2,3)33-25(32)31-7-6-17-13-30(14-22(17)31)20-8-18(9-20)24-29-21-5-4-16(10-23(21)34-24)19-11-27-15-28-12-19/h4-5,10-12,15,17-18,20,22H,6-9,13-14H2,1-3H3/t17-,18?,20?,22+/m1/s1. The van der Waals surface area contributed by atoms with Gasteiger partial charge in [0, 0.05) is 49.6 Å². The summed E-state index contributed by atoms with van der Waals surface area (Å²) in [6, 6.07) is 7.32. The molecule has 6 rings (SSSR count). The Bertz CT molecular complexity index is 1200. The molecule has 2 aliphatic heterocycles. The molecule has 3 aliphatic rings. The zero-order chi connectivity index (χ0) is 23.4. The molecular weight excluding hydrogens is 446 g/mol. The maximum atomic E-state index is 12.7. The summed E-state index contributed by atoms with van der Waals surface area (Å²) in [6.45, 7) is 8.72. The van der Waals surface area contributed by atoms with Crippen LogP contribution in [-0.2, 0) is 4.74 Å². The van der Waals surface area contributed by atoms with Crippen molar-refractivity contribution in [3.8, 4) is 11.1 Å². The number of fused-ring (bicyclic) bond motifs is 2. The van der Waals surface area contributed by atoms with Gasteiger partial charge >= 0.3 is 6.09 Å². The molecule has 8 heteroatoms. The molecule has 2 atom stereocenters. The number of rotatable bonds is 3. The SMILES string of the molecule is CC(C)(C)OC(=O)N1CC[C@@H]2CN(C3CC(c4nc5ccc(-c6cncnc6)cc5s4)C3)C[C@@H]21. The van der Waals surface area contributed by atoms with Gasteiger partial charge in [-0.15, -0.1) is 11.3 Å². The lowest BCUT2D eigenvalue weighted by Crippen LogP contribution is -2.46. The number of benzene rings is 1. The highest BCUT2D eigenvalue weighted by molar-refractivity contribution is 7.18. The average molecular weight is 478 g/mol. The quantitative estimate of drug-likeness (QED) is 0.532. The number of aromatic nitrogens is 3. The van der Waals surface area contributed by atoms with E-state index in [4.69, 9.17) is 9.72 Å². The molecule has 3 aromatic rings. The zero-order valence-corrected chi connectivity index (χ0v) is 20.8. The van der Waals surface area contributed by atoms with Gasteiger partial charge < -0.3 is 9.64 Å². The Morgan fingerprint density at radius 2 is 1.91 bits per heavy atom. The summed E-state index contributed by atoms with van der Waals surface area (Å²) < 4.78 is 6.89. The molecule has 1 aliphatic carbocycles. The molecular formula is C26H31N5O2S. The van der Waals surface area contributed by atoms with Gasteiger partial charge in [-0.2, -0.15) is 0 Å². The van der Waals surface area contributed by atoms with Crippen molar-refractivity contribution in [2.24, 2.45) is 5.92 Å². The molecule has 2 saturated heterocycles. The van der Waals surface area contributed by atoms with Crippen LogP contribution in [-0.4, -0.2) is 68.2 Å². The fourth-order valence-corrected chi connectivity index (χ4v) is 6.80. The summed E-state index contributed by atoms with van der Waals surface area (Å²) in [5.74, 6) is 1.11. The summed E-state index contributed by atoms with van der Waals surface area (Å²) in [5, 5.41) is 1.25. The Kier molecular flexibility index (Phi) is 5.33. The molecule has 0 unspecified atom stereocenters. The minimum atomic E-state index is -0.443. The van der Waals surface area contributed by atoms with Crippen LogP contribution in [0.15, 0.2) is 36.9 Å². The van der Waals surface area contributed by atoms with Crippen molar-refractivity contribution in [1.82, 2.24) is 24.8 Å². The number of amides is 1. The Balaban J connectivity index is 1.09. The highest BCUT2D eigenvalue weighted by Crippen LogP contribution is 2.45. The van der Waals surface area contributed by atoms with Crippen molar-refractivity contribution in [3.63, 3.8) is 0 Å². The predicted octanol–water partition coefficient (Wildman–Crippen LogP) is 4.94. The lowest BCUT2D eigenvalue weighted by atomic mass is 9.80. The minimum Gasteiger partial charge on any atom is -0.444 e. The number of ether oxygens (including phenoxy) is 1. The molecule has 178 valence electrons. The predicted molar refractivity (Wildman–Crippen MR) is 133 cm³/mol. The van der Waals surface area contributed by atoms with Gasteiger partial charge in [0.05, 0.1) is 21.3 Å². The van der Waals surface area contributed by atoms with E-state index in [0.717, 1.165) is 55.5 Å². The summed E-state index contributed by atoms with van der Waals surface area (Å²) in [7, 11) is 0. The third-order valence-corrected chi connectivity index (χ3v) is 8.66. The number of nitrogens with zero attached hydrogens (tertiary/aromatic N) is 5. The molecule has 0 N–H and O–H groups in total. The zero-order valence-electron chi connectivity index (χ0n) is 20.0. The van der Waals surface area contributed by atoms with Crippen molar-refractivity contribution in [3.05, 3.63) is 41.9 Å². The van der Waals surface area contributed by atoms with Crippen LogP contribution in [0.25, 0.3) is 21.3 Å². The van der Waals surface area contributed by atoms with E-state index in [0.29, 0.717) is 23.9 Å². The third kappa shape index (κ3) is 4.07. The molecule has 1 aromatic carbocycles. The van der Waals surface area contributed by atoms with Gasteiger partial charge in [0.1, 0.15) is 11.9 Å². The Labute approximate surface area is 204 Å². The summed E-state index contributed by atoms with van der Waals surface area (Å²) in [6.07, 6.45) is 8.51. The largest absolute Gasteiger partial charge is 0.444 e. The van der Waals surface area contributed by atoms with Crippen LogP contribution < -0.4 is 0 Å². The van der Waals surface area contributed by atoms with E-state index in [1.54, 1.807) is 6.33 Å². The fraction of sp³-hybridized carbons (Fsp3) is 0.538. The van der Waals surface area contributed by atoms with E-state index in [2.05, 4.69) is 33.1 Å². The van der Waals surface area contributed by atoms with Crippen molar-refractivity contribution < 1.29 is 9.53 Å². The number of hydrogen-bond acceptors (Lipinski definition) is 7. The molecule has 7 nitrogen and oxygen atoms in total. The van der Waals surface area contributed by atoms with Gasteiger partial charge in [-0.1, -0.05) is 6.07 Å². The first-order valence-corrected chi connectivity index (χ1v) is 13.1. The van der Waals surface area contributed by atoms with Gasteiger partial charge in [-0.25, -0.2) is 19.7 Å². The number of thiazole rings is 1. The second-order valence-corrected chi connectivity index (χ2v) is 12.0. The van der Waals surface area contributed by atoms with Crippen molar-refractivity contribution >= 4 is 27.6 Å². The van der Waals surface area contributed by atoms with Crippen molar-refractivity contribution in [2.75, 3.05) is 19.6 Å². The minimum absolute atomic E-state index is 0.149. The second-order valence-electron chi connectivity index (χ2n) is 10.9. The van der Waals surface area contributed by atoms with Crippen LogP contribution in [0.4, 0.5) is 4.79 Å².